The monoisotopic (exact) mass is 208 g/mol. The molecule has 2 saturated carbocycles. The summed E-state index contributed by atoms with van der Waals surface area (Å²) in [5.41, 5.74) is 0.377. The molecule has 0 saturated heterocycles. The van der Waals surface area contributed by atoms with E-state index in [2.05, 4.69) is 27.7 Å². The summed E-state index contributed by atoms with van der Waals surface area (Å²) in [6.45, 7) is 9.07. The maximum atomic E-state index is 12.4. The molecular weight excluding hydrogens is 184 g/mol. The van der Waals surface area contributed by atoms with E-state index in [9.17, 15) is 4.79 Å². The summed E-state index contributed by atoms with van der Waals surface area (Å²) < 4.78 is 0. The third kappa shape index (κ3) is 1.55. The first-order chi connectivity index (χ1) is 6.88. The molecule has 0 bridgehead atoms. The van der Waals surface area contributed by atoms with Gasteiger partial charge in [-0.2, -0.15) is 0 Å². The molecule has 0 heterocycles. The molecule has 0 aromatic rings. The second-order valence-electron chi connectivity index (χ2n) is 6.65. The summed E-state index contributed by atoms with van der Waals surface area (Å²) in [6, 6.07) is 0. The van der Waals surface area contributed by atoms with Gasteiger partial charge in [-0.25, -0.2) is 0 Å². The number of carbonyl (C=O) groups excluding carboxylic acids is 1. The smallest absolute Gasteiger partial charge is 0.141 e. The van der Waals surface area contributed by atoms with Crippen molar-refractivity contribution in [3.63, 3.8) is 0 Å². The second kappa shape index (κ2) is 3.33. The Bertz CT molecular complexity index is 279. The van der Waals surface area contributed by atoms with Gasteiger partial charge in [0.2, 0.25) is 0 Å². The zero-order chi connectivity index (χ0) is 11.3. The van der Waals surface area contributed by atoms with Gasteiger partial charge >= 0.3 is 0 Å². The number of hydrogen-bond donors (Lipinski definition) is 0. The highest BCUT2D eigenvalue weighted by Crippen LogP contribution is 2.56. The maximum absolute atomic E-state index is 12.4. The van der Waals surface area contributed by atoms with Crippen molar-refractivity contribution >= 4 is 5.78 Å². The normalized spacial score (nSPS) is 44.9. The minimum Gasteiger partial charge on any atom is -0.299 e. The highest BCUT2D eigenvalue weighted by atomic mass is 16.1. The van der Waals surface area contributed by atoms with Gasteiger partial charge in [0.1, 0.15) is 5.78 Å². The summed E-state index contributed by atoms with van der Waals surface area (Å²) in [7, 11) is 0. The SMILES string of the molecule is C[C@H]1CC[C@@H]2C(C)(C)CCC[C@]2(C)C1=O. The minimum atomic E-state index is -0.000579. The molecule has 0 aliphatic heterocycles. The number of Topliss-reactive ketones (excluding diaryl/α,β-unsaturated/α-hetero) is 1. The Morgan fingerprint density at radius 2 is 1.80 bits per heavy atom. The number of rotatable bonds is 0. The maximum Gasteiger partial charge on any atom is 0.141 e. The van der Waals surface area contributed by atoms with E-state index in [1.54, 1.807) is 0 Å². The second-order valence-corrected chi connectivity index (χ2v) is 6.65. The van der Waals surface area contributed by atoms with E-state index in [0.717, 1.165) is 12.8 Å². The third-order valence-corrected chi connectivity index (χ3v) is 5.13. The van der Waals surface area contributed by atoms with Gasteiger partial charge in [-0.05, 0) is 37.0 Å². The zero-order valence-electron chi connectivity index (χ0n) is 10.6. The Kier molecular flexibility index (Phi) is 2.48. The lowest BCUT2D eigenvalue weighted by molar-refractivity contribution is -0.148. The molecule has 0 aromatic carbocycles. The van der Waals surface area contributed by atoms with Crippen molar-refractivity contribution in [3.8, 4) is 0 Å². The van der Waals surface area contributed by atoms with Gasteiger partial charge in [-0.3, -0.25) is 4.79 Å². The summed E-state index contributed by atoms with van der Waals surface area (Å²) in [5, 5.41) is 0. The van der Waals surface area contributed by atoms with Gasteiger partial charge < -0.3 is 0 Å². The molecule has 0 radical (unpaired) electrons. The van der Waals surface area contributed by atoms with Crippen LogP contribution in [-0.2, 0) is 4.79 Å². The van der Waals surface area contributed by atoms with Gasteiger partial charge in [0.25, 0.3) is 0 Å². The number of fused-ring (bicyclic) bond motifs is 1. The van der Waals surface area contributed by atoms with Crippen LogP contribution in [0.2, 0.25) is 0 Å². The van der Waals surface area contributed by atoms with Crippen LogP contribution in [0, 0.1) is 22.7 Å². The van der Waals surface area contributed by atoms with Gasteiger partial charge in [0.15, 0.2) is 0 Å². The fourth-order valence-electron chi connectivity index (χ4n) is 4.24. The van der Waals surface area contributed by atoms with Crippen molar-refractivity contribution in [2.75, 3.05) is 0 Å². The molecule has 0 spiro atoms. The minimum absolute atomic E-state index is 0.000579. The summed E-state index contributed by atoms with van der Waals surface area (Å²) >= 11 is 0. The molecular formula is C14H24O. The van der Waals surface area contributed by atoms with Gasteiger partial charge in [-0.1, -0.05) is 34.1 Å². The fourth-order valence-corrected chi connectivity index (χ4v) is 4.24. The first kappa shape index (κ1) is 11.2. The third-order valence-electron chi connectivity index (χ3n) is 5.13. The van der Waals surface area contributed by atoms with E-state index >= 15 is 0 Å². The van der Waals surface area contributed by atoms with Crippen molar-refractivity contribution in [1.82, 2.24) is 0 Å². The Balaban J connectivity index is 2.34. The number of carbonyl (C=O) groups is 1. The van der Waals surface area contributed by atoms with Gasteiger partial charge in [0, 0.05) is 11.3 Å². The summed E-state index contributed by atoms with van der Waals surface area (Å²) in [6.07, 6.45) is 6.04. The molecule has 1 nitrogen and oxygen atoms in total. The Labute approximate surface area is 93.6 Å². The predicted molar refractivity (Wildman–Crippen MR) is 62.6 cm³/mol. The van der Waals surface area contributed by atoms with Crippen LogP contribution in [0.1, 0.15) is 59.8 Å². The molecule has 0 aromatic heterocycles. The predicted octanol–water partition coefficient (Wildman–Crippen LogP) is 3.82. The largest absolute Gasteiger partial charge is 0.299 e. The zero-order valence-corrected chi connectivity index (χ0v) is 10.6. The van der Waals surface area contributed by atoms with Crippen LogP contribution in [0.3, 0.4) is 0 Å². The van der Waals surface area contributed by atoms with Crippen LogP contribution in [0.4, 0.5) is 0 Å². The van der Waals surface area contributed by atoms with Crippen molar-refractivity contribution < 1.29 is 4.79 Å². The van der Waals surface area contributed by atoms with E-state index in [0.29, 0.717) is 23.0 Å². The highest BCUT2D eigenvalue weighted by Gasteiger charge is 2.53. The molecule has 2 aliphatic rings. The van der Waals surface area contributed by atoms with Gasteiger partial charge in [0.05, 0.1) is 0 Å². The topological polar surface area (TPSA) is 17.1 Å². The van der Waals surface area contributed by atoms with Crippen LogP contribution in [0.15, 0.2) is 0 Å². The van der Waals surface area contributed by atoms with Crippen LogP contribution in [0.5, 0.6) is 0 Å². The fraction of sp³-hybridized carbons (Fsp3) is 0.929. The average Bonchev–Trinajstić information content (AvgIpc) is 2.12. The van der Waals surface area contributed by atoms with Crippen LogP contribution < -0.4 is 0 Å². The molecule has 86 valence electrons. The van der Waals surface area contributed by atoms with Crippen molar-refractivity contribution in [3.05, 3.63) is 0 Å². The Morgan fingerprint density at radius 3 is 2.47 bits per heavy atom. The lowest BCUT2D eigenvalue weighted by atomic mass is 9.50. The van der Waals surface area contributed by atoms with E-state index in [1.165, 1.54) is 19.3 Å². The van der Waals surface area contributed by atoms with E-state index in [4.69, 9.17) is 0 Å². The molecule has 2 rings (SSSR count). The lowest BCUT2D eigenvalue weighted by Crippen LogP contribution is -2.51. The van der Waals surface area contributed by atoms with Crippen LogP contribution in [-0.4, -0.2) is 5.78 Å². The Hall–Kier alpha value is -0.330. The number of ketones is 1. The molecule has 3 atom stereocenters. The summed E-state index contributed by atoms with van der Waals surface area (Å²) in [4.78, 5) is 12.4. The van der Waals surface area contributed by atoms with Crippen LogP contribution in [0.25, 0.3) is 0 Å². The van der Waals surface area contributed by atoms with E-state index < -0.39 is 0 Å². The molecule has 2 aliphatic carbocycles. The molecule has 15 heavy (non-hydrogen) atoms. The van der Waals surface area contributed by atoms with Crippen LogP contribution >= 0.6 is 0 Å². The standard InChI is InChI=1S/C14H24O/c1-10-6-7-11-13(2,3)8-5-9-14(11,4)12(10)15/h10-11H,5-9H2,1-4H3/t10-,11+,14-/m0/s1. The first-order valence-corrected chi connectivity index (χ1v) is 6.42. The highest BCUT2D eigenvalue weighted by molar-refractivity contribution is 5.87. The molecule has 0 N–H and O–H groups in total. The quantitative estimate of drug-likeness (QED) is 0.591. The molecule has 1 heteroatoms. The van der Waals surface area contributed by atoms with E-state index in [1.807, 2.05) is 0 Å². The average molecular weight is 208 g/mol. The Morgan fingerprint density at radius 1 is 1.13 bits per heavy atom. The first-order valence-electron chi connectivity index (χ1n) is 6.42. The summed E-state index contributed by atoms with van der Waals surface area (Å²) in [5.74, 6) is 1.48. The molecule has 0 amide bonds. The lowest BCUT2D eigenvalue weighted by Gasteiger charge is -2.53. The molecule has 2 fully saturated rings. The molecule has 0 unspecified atom stereocenters. The van der Waals surface area contributed by atoms with Crippen molar-refractivity contribution in [2.24, 2.45) is 22.7 Å². The van der Waals surface area contributed by atoms with Gasteiger partial charge in [-0.15, -0.1) is 0 Å². The van der Waals surface area contributed by atoms with Crippen molar-refractivity contribution in [1.29, 1.82) is 0 Å². The van der Waals surface area contributed by atoms with Crippen molar-refractivity contribution in [2.45, 2.75) is 59.8 Å². The number of hydrogen-bond acceptors (Lipinski definition) is 1. The van der Waals surface area contributed by atoms with E-state index in [-0.39, 0.29) is 5.41 Å².